The molecule has 0 radical (unpaired) electrons. The lowest BCUT2D eigenvalue weighted by molar-refractivity contribution is 0.463. The maximum atomic E-state index is 12.6. The first-order valence-electron chi connectivity index (χ1n) is 8.42. The molecule has 2 aromatic heterocycles. The van der Waals surface area contributed by atoms with Crippen molar-refractivity contribution in [3.63, 3.8) is 0 Å². The van der Waals surface area contributed by atoms with E-state index in [1.165, 1.54) is 23.3 Å². The Morgan fingerprint density at radius 1 is 0.857 bits per heavy atom. The zero-order chi connectivity index (χ0) is 19.4. The number of rotatable bonds is 6. The summed E-state index contributed by atoms with van der Waals surface area (Å²) in [6.07, 6.45) is 4.16. The summed E-state index contributed by atoms with van der Waals surface area (Å²) in [6.45, 7) is 0. The van der Waals surface area contributed by atoms with Crippen molar-refractivity contribution in [1.29, 1.82) is 0 Å². The van der Waals surface area contributed by atoms with Crippen LogP contribution in [0.2, 0.25) is 0 Å². The molecule has 0 unspecified atom stereocenters. The minimum atomic E-state index is -3.79. The van der Waals surface area contributed by atoms with Crippen molar-refractivity contribution < 1.29 is 13.2 Å². The van der Waals surface area contributed by atoms with Gasteiger partial charge >= 0.3 is 0 Å². The molecule has 7 nitrogen and oxygen atoms in total. The lowest BCUT2D eigenvalue weighted by Gasteiger charge is -2.08. The molecule has 0 spiro atoms. The number of hydrogen-bond donors (Lipinski definition) is 1. The van der Waals surface area contributed by atoms with Gasteiger partial charge in [0.05, 0.1) is 30.0 Å². The van der Waals surface area contributed by atoms with Crippen LogP contribution in [0.1, 0.15) is 0 Å². The standard InChI is InChI=1S/C20H16N4O3S/c25-28(26,19-14-22-24(15-19)17-7-3-1-4-8-17)23-16-11-12-20(21-13-16)27-18-9-5-2-6-10-18/h1-15,23H. The fraction of sp³-hybridized carbons (Fsp3) is 0. The van der Waals surface area contributed by atoms with E-state index in [2.05, 4.69) is 14.8 Å². The van der Waals surface area contributed by atoms with Gasteiger partial charge in [0.25, 0.3) is 10.0 Å². The molecule has 0 saturated heterocycles. The Labute approximate surface area is 162 Å². The summed E-state index contributed by atoms with van der Waals surface area (Å²) in [4.78, 5) is 4.19. The summed E-state index contributed by atoms with van der Waals surface area (Å²) in [5.41, 5.74) is 1.10. The van der Waals surface area contributed by atoms with Gasteiger partial charge < -0.3 is 4.74 Å². The van der Waals surface area contributed by atoms with Gasteiger partial charge in [0.2, 0.25) is 5.88 Å². The van der Waals surface area contributed by atoms with E-state index in [0.29, 0.717) is 17.3 Å². The van der Waals surface area contributed by atoms with Crippen LogP contribution in [0.4, 0.5) is 5.69 Å². The normalized spacial score (nSPS) is 11.1. The highest BCUT2D eigenvalue weighted by Gasteiger charge is 2.17. The van der Waals surface area contributed by atoms with Crippen molar-refractivity contribution in [3.05, 3.63) is 91.4 Å². The minimum Gasteiger partial charge on any atom is -0.439 e. The number of nitrogens with one attached hydrogen (secondary N) is 1. The average molecular weight is 392 g/mol. The number of benzene rings is 2. The summed E-state index contributed by atoms with van der Waals surface area (Å²) in [6, 6.07) is 21.7. The van der Waals surface area contributed by atoms with Crippen molar-refractivity contribution >= 4 is 15.7 Å². The lowest BCUT2D eigenvalue weighted by atomic mass is 10.3. The monoisotopic (exact) mass is 392 g/mol. The Balaban J connectivity index is 1.48. The van der Waals surface area contributed by atoms with Crippen molar-refractivity contribution in [2.24, 2.45) is 0 Å². The molecular formula is C20H16N4O3S. The van der Waals surface area contributed by atoms with Gasteiger partial charge in [-0.25, -0.2) is 18.1 Å². The van der Waals surface area contributed by atoms with E-state index >= 15 is 0 Å². The second-order valence-corrected chi connectivity index (χ2v) is 7.54. The number of ether oxygens (including phenoxy) is 1. The Morgan fingerprint density at radius 3 is 2.25 bits per heavy atom. The van der Waals surface area contributed by atoms with E-state index in [4.69, 9.17) is 4.74 Å². The zero-order valence-electron chi connectivity index (χ0n) is 14.6. The molecule has 2 heterocycles. The van der Waals surface area contributed by atoms with Crippen LogP contribution >= 0.6 is 0 Å². The summed E-state index contributed by atoms with van der Waals surface area (Å²) >= 11 is 0. The topological polar surface area (TPSA) is 86.1 Å². The number of anilines is 1. The van der Waals surface area contributed by atoms with Crippen LogP contribution in [0.3, 0.4) is 0 Å². The van der Waals surface area contributed by atoms with E-state index in [1.807, 2.05) is 60.7 Å². The van der Waals surface area contributed by atoms with Crippen molar-refractivity contribution in [1.82, 2.24) is 14.8 Å². The molecule has 8 heteroatoms. The van der Waals surface area contributed by atoms with Gasteiger partial charge in [0.15, 0.2) is 0 Å². The Morgan fingerprint density at radius 2 is 1.57 bits per heavy atom. The van der Waals surface area contributed by atoms with Gasteiger partial charge in [-0.1, -0.05) is 36.4 Å². The maximum absolute atomic E-state index is 12.6. The quantitative estimate of drug-likeness (QED) is 0.538. The second kappa shape index (κ2) is 7.53. The van der Waals surface area contributed by atoms with Crippen LogP contribution in [0.5, 0.6) is 11.6 Å². The van der Waals surface area contributed by atoms with Crippen LogP contribution in [0.25, 0.3) is 5.69 Å². The molecule has 140 valence electrons. The summed E-state index contributed by atoms with van der Waals surface area (Å²) in [7, 11) is -3.79. The van der Waals surface area contributed by atoms with E-state index in [0.717, 1.165) is 5.69 Å². The fourth-order valence-electron chi connectivity index (χ4n) is 2.49. The van der Waals surface area contributed by atoms with Gasteiger partial charge in [0, 0.05) is 6.07 Å². The van der Waals surface area contributed by atoms with Gasteiger partial charge in [-0.2, -0.15) is 5.10 Å². The highest BCUT2D eigenvalue weighted by atomic mass is 32.2. The number of nitrogens with zero attached hydrogens (tertiary/aromatic N) is 3. The number of aromatic nitrogens is 3. The van der Waals surface area contributed by atoms with Crippen LogP contribution in [0.15, 0.2) is 96.3 Å². The Bertz CT molecular complexity index is 1160. The summed E-state index contributed by atoms with van der Waals surface area (Å²) < 4.78 is 34.8. The number of sulfonamides is 1. The van der Waals surface area contributed by atoms with Crippen LogP contribution < -0.4 is 9.46 Å². The van der Waals surface area contributed by atoms with E-state index in [-0.39, 0.29) is 4.90 Å². The third-order valence-corrected chi connectivity index (χ3v) is 5.18. The maximum Gasteiger partial charge on any atom is 0.265 e. The molecule has 2 aromatic carbocycles. The smallest absolute Gasteiger partial charge is 0.265 e. The van der Waals surface area contributed by atoms with Gasteiger partial charge in [-0.05, 0) is 30.3 Å². The Kier molecular flexibility index (Phi) is 4.77. The number of hydrogen-bond acceptors (Lipinski definition) is 5. The first-order valence-corrected chi connectivity index (χ1v) is 9.90. The molecule has 0 atom stereocenters. The molecule has 4 aromatic rings. The molecule has 0 amide bonds. The summed E-state index contributed by atoms with van der Waals surface area (Å²) in [5, 5.41) is 4.12. The molecule has 28 heavy (non-hydrogen) atoms. The van der Waals surface area contributed by atoms with Gasteiger partial charge in [0.1, 0.15) is 10.6 Å². The molecular weight excluding hydrogens is 376 g/mol. The first-order chi connectivity index (χ1) is 13.6. The van der Waals surface area contributed by atoms with Crippen molar-refractivity contribution in [3.8, 4) is 17.3 Å². The summed E-state index contributed by atoms with van der Waals surface area (Å²) in [5.74, 6) is 1.02. The third kappa shape index (κ3) is 4.02. The molecule has 1 N–H and O–H groups in total. The molecule has 0 bridgehead atoms. The highest BCUT2D eigenvalue weighted by Crippen LogP contribution is 2.21. The molecule has 0 aliphatic carbocycles. The molecule has 4 rings (SSSR count). The predicted molar refractivity (Wildman–Crippen MR) is 105 cm³/mol. The van der Waals surface area contributed by atoms with Gasteiger partial charge in [-0.3, -0.25) is 4.72 Å². The predicted octanol–water partition coefficient (Wildman–Crippen LogP) is 3.86. The lowest BCUT2D eigenvalue weighted by Crippen LogP contribution is -2.12. The molecule has 0 fully saturated rings. The molecule has 0 aliphatic rings. The van der Waals surface area contributed by atoms with E-state index in [9.17, 15) is 8.42 Å². The first kappa shape index (κ1) is 17.7. The largest absolute Gasteiger partial charge is 0.439 e. The zero-order valence-corrected chi connectivity index (χ0v) is 15.5. The molecule has 0 saturated carbocycles. The average Bonchev–Trinajstić information content (AvgIpc) is 3.22. The van der Waals surface area contributed by atoms with Crippen LogP contribution in [-0.4, -0.2) is 23.2 Å². The molecule has 0 aliphatic heterocycles. The van der Waals surface area contributed by atoms with E-state index in [1.54, 1.807) is 12.1 Å². The van der Waals surface area contributed by atoms with Crippen molar-refractivity contribution in [2.75, 3.05) is 4.72 Å². The number of pyridine rings is 1. The highest BCUT2D eigenvalue weighted by molar-refractivity contribution is 7.92. The SMILES string of the molecule is O=S(=O)(Nc1ccc(Oc2ccccc2)nc1)c1cnn(-c2ccccc2)c1. The second-order valence-electron chi connectivity index (χ2n) is 5.86. The van der Waals surface area contributed by atoms with Crippen molar-refractivity contribution in [2.45, 2.75) is 4.90 Å². The van der Waals surface area contributed by atoms with E-state index < -0.39 is 10.0 Å². The third-order valence-electron chi connectivity index (χ3n) is 3.84. The van der Waals surface area contributed by atoms with Crippen LogP contribution in [-0.2, 0) is 10.0 Å². The van der Waals surface area contributed by atoms with Crippen LogP contribution in [0, 0.1) is 0 Å². The minimum absolute atomic E-state index is 0.0564. The number of para-hydroxylation sites is 2. The Hall–Kier alpha value is -3.65. The fourth-order valence-corrected chi connectivity index (χ4v) is 3.46. The van der Waals surface area contributed by atoms with Gasteiger partial charge in [-0.15, -0.1) is 0 Å².